The van der Waals surface area contributed by atoms with Gasteiger partial charge in [-0.2, -0.15) is 0 Å². The summed E-state index contributed by atoms with van der Waals surface area (Å²) in [5.74, 6) is 0.946. The van der Waals surface area contributed by atoms with Crippen molar-refractivity contribution in [3.8, 4) is 11.3 Å². The smallest absolute Gasteiger partial charge is 0.143 e. The van der Waals surface area contributed by atoms with Gasteiger partial charge in [0.25, 0.3) is 0 Å². The second-order valence-electron chi connectivity index (χ2n) is 5.97. The van der Waals surface area contributed by atoms with Gasteiger partial charge >= 0.3 is 0 Å². The van der Waals surface area contributed by atoms with Crippen LogP contribution in [0.4, 0.5) is 11.5 Å². The lowest BCUT2D eigenvalue weighted by Crippen LogP contribution is -1.97. The number of aryl methyl sites for hydroxylation is 2. The largest absolute Gasteiger partial charge is 0.339 e. The van der Waals surface area contributed by atoms with Crippen molar-refractivity contribution in [2.75, 3.05) is 5.32 Å². The van der Waals surface area contributed by atoms with Crippen LogP contribution in [0.5, 0.6) is 0 Å². The monoisotopic (exact) mass is 314 g/mol. The average molecular weight is 314 g/mol. The molecule has 118 valence electrons. The Morgan fingerprint density at radius 3 is 2.54 bits per heavy atom. The molecule has 1 N–H and O–H groups in total. The Labute approximate surface area is 140 Å². The third kappa shape index (κ3) is 2.63. The van der Waals surface area contributed by atoms with Gasteiger partial charge in [0.2, 0.25) is 0 Å². The Hall–Kier alpha value is -3.14. The molecule has 4 rings (SSSR count). The molecular formula is C20H18N4. The Kier molecular flexibility index (Phi) is 3.50. The van der Waals surface area contributed by atoms with Crippen LogP contribution in [0.2, 0.25) is 0 Å². The van der Waals surface area contributed by atoms with Gasteiger partial charge in [-0.1, -0.05) is 17.7 Å². The molecule has 0 aliphatic heterocycles. The van der Waals surface area contributed by atoms with E-state index in [1.165, 1.54) is 11.1 Å². The number of benzene rings is 1. The number of anilines is 2. The highest BCUT2D eigenvalue weighted by molar-refractivity contribution is 5.79. The summed E-state index contributed by atoms with van der Waals surface area (Å²) in [6.45, 7) is 4.16. The van der Waals surface area contributed by atoms with E-state index in [1.807, 2.05) is 24.5 Å². The van der Waals surface area contributed by atoms with Gasteiger partial charge in [-0.25, -0.2) is 4.98 Å². The molecule has 0 spiro atoms. The van der Waals surface area contributed by atoms with Crippen molar-refractivity contribution < 1.29 is 0 Å². The number of imidazole rings is 1. The summed E-state index contributed by atoms with van der Waals surface area (Å²) in [6, 6.07) is 16.5. The molecule has 0 fully saturated rings. The van der Waals surface area contributed by atoms with E-state index in [1.54, 1.807) is 6.20 Å². The summed E-state index contributed by atoms with van der Waals surface area (Å²) < 4.78 is 2.08. The zero-order chi connectivity index (χ0) is 16.5. The highest BCUT2D eigenvalue weighted by Gasteiger charge is 2.14. The quantitative estimate of drug-likeness (QED) is 0.593. The van der Waals surface area contributed by atoms with Crippen LogP contribution < -0.4 is 5.32 Å². The van der Waals surface area contributed by atoms with E-state index in [2.05, 4.69) is 64.9 Å². The molecule has 0 saturated heterocycles. The maximum absolute atomic E-state index is 4.82. The number of pyridine rings is 2. The summed E-state index contributed by atoms with van der Waals surface area (Å²) in [6.07, 6.45) is 5.67. The Morgan fingerprint density at radius 2 is 1.79 bits per heavy atom. The maximum Gasteiger partial charge on any atom is 0.143 e. The Bertz CT molecular complexity index is 986. The maximum atomic E-state index is 4.82. The van der Waals surface area contributed by atoms with Gasteiger partial charge in [-0.3, -0.25) is 9.38 Å². The second kappa shape index (κ2) is 5.81. The predicted octanol–water partition coefficient (Wildman–Crippen LogP) is 4.76. The van der Waals surface area contributed by atoms with Crippen LogP contribution in [0.25, 0.3) is 16.9 Å². The Morgan fingerprint density at radius 1 is 0.958 bits per heavy atom. The average Bonchev–Trinajstić information content (AvgIpc) is 2.95. The third-order valence-corrected chi connectivity index (χ3v) is 4.03. The molecule has 0 bridgehead atoms. The fourth-order valence-corrected chi connectivity index (χ4v) is 2.74. The highest BCUT2D eigenvalue weighted by Crippen LogP contribution is 2.31. The van der Waals surface area contributed by atoms with Gasteiger partial charge in [0, 0.05) is 29.8 Å². The SMILES string of the molecule is Cc1ccc(Nc2c(-c3cccnc3)nc3cc(C)ccn23)cc1. The first kappa shape index (κ1) is 14.5. The van der Waals surface area contributed by atoms with Crippen molar-refractivity contribution in [1.82, 2.24) is 14.4 Å². The van der Waals surface area contributed by atoms with Crippen LogP contribution in [0.15, 0.2) is 67.1 Å². The van der Waals surface area contributed by atoms with Crippen molar-refractivity contribution in [3.63, 3.8) is 0 Å². The van der Waals surface area contributed by atoms with Crippen LogP contribution in [-0.4, -0.2) is 14.4 Å². The molecule has 0 radical (unpaired) electrons. The lowest BCUT2D eigenvalue weighted by atomic mass is 10.2. The Balaban J connectivity index is 1.89. The van der Waals surface area contributed by atoms with E-state index in [0.29, 0.717) is 0 Å². The topological polar surface area (TPSA) is 42.2 Å². The minimum absolute atomic E-state index is 0.897. The number of rotatable bonds is 3. The van der Waals surface area contributed by atoms with Crippen molar-refractivity contribution in [1.29, 1.82) is 0 Å². The van der Waals surface area contributed by atoms with Gasteiger partial charge in [-0.15, -0.1) is 0 Å². The van der Waals surface area contributed by atoms with Gasteiger partial charge < -0.3 is 5.32 Å². The molecular weight excluding hydrogens is 296 g/mol. The number of hydrogen-bond acceptors (Lipinski definition) is 3. The normalized spacial score (nSPS) is 10.9. The van der Waals surface area contributed by atoms with Crippen LogP contribution in [0.3, 0.4) is 0 Å². The van der Waals surface area contributed by atoms with Crippen LogP contribution in [-0.2, 0) is 0 Å². The first-order valence-electron chi connectivity index (χ1n) is 7.93. The van der Waals surface area contributed by atoms with Gasteiger partial charge in [0.05, 0.1) is 0 Å². The predicted molar refractivity (Wildman–Crippen MR) is 97.6 cm³/mol. The van der Waals surface area contributed by atoms with E-state index < -0.39 is 0 Å². The molecule has 4 aromatic rings. The third-order valence-electron chi connectivity index (χ3n) is 4.03. The first-order chi connectivity index (χ1) is 11.7. The van der Waals surface area contributed by atoms with Crippen molar-refractivity contribution in [2.45, 2.75) is 13.8 Å². The summed E-state index contributed by atoms with van der Waals surface area (Å²) in [5, 5.41) is 3.51. The highest BCUT2D eigenvalue weighted by atomic mass is 15.1. The molecule has 3 aromatic heterocycles. The van der Waals surface area contributed by atoms with Crippen molar-refractivity contribution in [2.24, 2.45) is 0 Å². The fraction of sp³-hybridized carbons (Fsp3) is 0.100. The minimum atomic E-state index is 0.897. The standard InChI is InChI=1S/C20H18N4/c1-14-5-7-17(8-6-14)22-20-19(16-4-3-10-21-13-16)23-18-12-15(2)9-11-24(18)20/h3-13,22H,1-2H3. The molecule has 0 unspecified atom stereocenters. The molecule has 0 aliphatic rings. The molecule has 0 amide bonds. The molecule has 1 aromatic carbocycles. The van der Waals surface area contributed by atoms with E-state index in [-0.39, 0.29) is 0 Å². The van der Waals surface area contributed by atoms with Crippen LogP contribution >= 0.6 is 0 Å². The van der Waals surface area contributed by atoms with Gasteiger partial charge in [0.1, 0.15) is 17.2 Å². The first-order valence-corrected chi connectivity index (χ1v) is 7.93. The lowest BCUT2D eigenvalue weighted by Gasteiger charge is -2.09. The summed E-state index contributed by atoms with van der Waals surface area (Å²) in [7, 11) is 0. The van der Waals surface area contributed by atoms with E-state index >= 15 is 0 Å². The summed E-state index contributed by atoms with van der Waals surface area (Å²) >= 11 is 0. The lowest BCUT2D eigenvalue weighted by molar-refractivity contribution is 1.17. The van der Waals surface area contributed by atoms with E-state index in [4.69, 9.17) is 4.98 Å². The molecule has 0 aliphatic carbocycles. The molecule has 0 atom stereocenters. The number of fused-ring (bicyclic) bond motifs is 1. The van der Waals surface area contributed by atoms with Crippen LogP contribution in [0, 0.1) is 13.8 Å². The minimum Gasteiger partial charge on any atom is -0.339 e. The number of nitrogens with one attached hydrogen (secondary N) is 1. The second-order valence-corrected chi connectivity index (χ2v) is 5.97. The molecule has 0 saturated carbocycles. The fourth-order valence-electron chi connectivity index (χ4n) is 2.74. The van der Waals surface area contributed by atoms with Crippen molar-refractivity contribution in [3.05, 3.63) is 78.2 Å². The summed E-state index contributed by atoms with van der Waals surface area (Å²) in [4.78, 5) is 9.05. The summed E-state index contributed by atoms with van der Waals surface area (Å²) in [5.41, 5.74) is 6.27. The van der Waals surface area contributed by atoms with E-state index in [0.717, 1.165) is 28.4 Å². The van der Waals surface area contributed by atoms with Gasteiger partial charge in [-0.05, 0) is 55.8 Å². The molecule has 24 heavy (non-hydrogen) atoms. The zero-order valence-corrected chi connectivity index (χ0v) is 13.7. The van der Waals surface area contributed by atoms with Gasteiger partial charge in [0.15, 0.2) is 0 Å². The van der Waals surface area contributed by atoms with Crippen LogP contribution in [0.1, 0.15) is 11.1 Å². The zero-order valence-electron chi connectivity index (χ0n) is 13.7. The van der Waals surface area contributed by atoms with E-state index in [9.17, 15) is 0 Å². The molecule has 3 heterocycles. The van der Waals surface area contributed by atoms with Crippen molar-refractivity contribution >= 4 is 17.2 Å². The molecule has 4 heteroatoms. The number of hydrogen-bond donors (Lipinski definition) is 1. The number of nitrogens with zero attached hydrogens (tertiary/aromatic N) is 3. The molecule has 4 nitrogen and oxygen atoms in total. The number of aromatic nitrogens is 3.